The fourth-order valence-corrected chi connectivity index (χ4v) is 28.7. The van der Waals surface area contributed by atoms with Crippen molar-refractivity contribution in [2.75, 3.05) is 23.0 Å². The summed E-state index contributed by atoms with van der Waals surface area (Å²) in [6, 6.07) is 0. The van der Waals surface area contributed by atoms with Crippen molar-refractivity contribution in [3.8, 4) is 0 Å². The lowest BCUT2D eigenvalue weighted by molar-refractivity contribution is -0.432. The Morgan fingerprint density at radius 2 is 0.601 bits per heavy atom. The summed E-state index contributed by atoms with van der Waals surface area (Å²) in [6.07, 6.45) is 30.4. The van der Waals surface area contributed by atoms with Crippen LogP contribution in [0.2, 0.25) is 0 Å². The van der Waals surface area contributed by atoms with Gasteiger partial charge in [0.25, 0.3) is 21.9 Å². The Hall–Kier alpha value is -1.36. The molecular formula is C96H166N4O26P2S10. The van der Waals surface area contributed by atoms with Gasteiger partial charge in [-0.1, -0.05) is 53.9 Å². The Kier molecular flexibility index (Phi) is 53.6. The first kappa shape index (κ1) is 127. The number of carbonyl (C=O) groups excluding carboxylic acids is 4. The molecule has 42 heteroatoms. The van der Waals surface area contributed by atoms with E-state index in [1.807, 2.05) is 65.1 Å². The SMILES string of the molecule is CC(C)(CCCC(O)CCCC(O)CCCC(C)(C)N1C(=O)C=C2SCCC2C1=O)N1C(=O)C=C2SCCC2C1=O.CC(C)(CCCC(O)CCCC(O)CCCC(C)(C)N1C(=S)C=C2SCCC2C1=S)N1C(=S)C=C2SCCC2C1=S.CC(C)(CCCC(O)CCCC(O)CCCC(C)(C)OP(=O)(O)O)OP(=O)(O)O.CC(C)(CCCC(O)CCCC(O)CCCC(C)(C)S(=O)(=O)O)SOOO. The molecule has 0 aromatic rings. The van der Waals surface area contributed by atoms with E-state index in [1.54, 1.807) is 63.4 Å². The average Bonchev–Trinajstić information content (AvgIpc) is 1.55. The summed E-state index contributed by atoms with van der Waals surface area (Å²) in [5, 5.41) is 94.1. The number of phosphoric acid groups is 2. The molecule has 4 fully saturated rings. The Bertz CT molecular complexity index is 3910. The molecule has 796 valence electrons. The number of amides is 4. The van der Waals surface area contributed by atoms with Crippen molar-refractivity contribution in [3.05, 3.63) is 43.9 Å². The molecule has 8 rings (SSSR count). The normalized spacial score (nSPS) is 21.2. The average molecular weight is 2180 g/mol. The maximum absolute atomic E-state index is 13.0. The highest BCUT2D eigenvalue weighted by Gasteiger charge is 2.49. The number of thioether (sulfide) groups is 4. The van der Waals surface area contributed by atoms with Crippen LogP contribution >= 0.6 is 124 Å². The second-order valence-electron chi connectivity index (χ2n) is 43.2. The van der Waals surface area contributed by atoms with Crippen LogP contribution in [0.4, 0.5) is 0 Å². The van der Waals surface area contributed by atoms with Crippen LogP contribution in [0.5, 0.6) is 0 Å². The molecule has 8 heterocycles. The molecule has 30 nitrogen and oxygen atoms in total. The Balaban J connectivity index is 0.000000331. The Morgan fingerprint density at radius 3 is 0.862 bits per heavy atom. The predicted octanol–water partition coefficient (Wildman–Crippen LogP) is 19.5. The zero-order chi connectivity index (χ0) is 104. The third-order valence-corrected chi connectivity index (χ3v) is 37.2. The minimum atomic E-state index is -4.55. The number of nitrogens with zero attached hydrogens (tertiary/aromatic N) is 4. The van der Waals surface area contributed by atoms with Gasteiger partial charge in [-0.15, -0.1) is 51.4 Å². The Morgan fingerprint density at radius 1 is 0.370 bits per heavy atom. The van der Waals surface area contributed by atoms with Crippen LogP contribution in [0.15, 0.2) is 43.9 Å². The fourth-order valence-electron chi connectivity index (χ4n) is 19.0. The number of rotatable bonds is 60. The van der Waals surface area contributed by atoms with Crippen LogP contribution < -0.4 is 0 Å². The lowest BCUT2D eigenvalue weighted by Gasteiger charge is -2.44. The van der Waals surface area contributed by atoms with Gasteiger partial charge in [-0.25, -0.2) is 14.4 Å². The van der Waals surface area contributed by atoms with Gasteiger partial charge >= 0.3 is 15.6 Å². The standard InChI is InChI=1S/C31H46N2O6S2.C31H46N2O2S6.C17H38O10P2.C17H36O8S2/c2*1-30(2,32-26(36)18-24-22(28(32)38)12-16-40-24)14-6-10-20(34)8-5-9-21(35)11-7-15-31(3,4)33-27(37)19-25-23(29(33)39)13-17-41-25;1-16(2,26-28(20,21)22)12-6-10-14(18)8-5-9-15(19)11-7-13-17(3,4)27-29(23,24)25;1-16(2,26-25-24-20)12-6-10-14(18)8-5-9-15(19)11-7-13-17(3,4)27(21,22)23/h2*18-23,34-35H,5-17H2,1-4H3;14-15,18-19H,5-13H2,1-4H3,(H2,20,21,22)(H2,23,24,25);14-15,18-20H,5-13H2,1-4H3,(H,21,22,23). The largest absolute Gasteiger partial charge is 0.470 e. The molecule has 0 radical (unpaired) electrons. The molecule has 0 aliphatic carbocycles. The summed E-state index contributed by atoms with van der Waals surface area (Å²) in [4.78, 5) is 102. The van der Waals surface area contributed by atoms with Crippen LogP contribution in [0.25, 0.3) is 0 Å². The minimum Gasteiger partial charge on any atom is -0.393 e. The molecule has 4 amide bonds. The number of imide groups is 2. The van der Waals surface area contributed by atoms with Gasteiger partial charge in [-0.3, -0.25) is 42.6 Å². The number of hydrogen-bond donors (Lipinski definition) is 14. The van der Waals surface area contributed by atoms with Gasteiger partial charge in [-0.05, 0) is 413 Å². The third kappa shape index (κ3) is 44.4. The molecule has 8 aliphatic heterocycles. The molecule has 12 atom stereocenters. The summed E-state index contributed by atoms with van der Waals surface area (Å²) in [5.41, 5.74) is -3.50. The zero-order valence-corrected chi connectivity index (χ0v) is 94.2. The van der Waals surface area contributed by atoms with Gasteiger partial charge in [0.1, 0.15) is 9.98 Å². The lowest BCUT2D eigenvalue weighted by atomic mass is 9.89. The van der Waals surface area contributed by atoms with Crippen molar-refractivity contribution in [2.24, 2.45) is 23.7 Å². The second-order valence-corrected chi connectivity index (χ2v) is 55.4. The summed E-state index contributed by atoms with van der Waals surface area (Å²) >= 11 is 31.2. The highest BCUT2D eigenvalue weighted by molar-refractivity contribution is 8.04. The molecule has 14 N–H and O–H groups in total. The van der Waals surface area contributed by atoms with Gasteiger partial charge in [-0.2, -0.15) is 8.42 Å². The molecule has 0 aromatic heterocycles. The van der Waals surface area contributed by atoms with Crippen LogP contribution in [0, 0.1) is 23.7 Å². The number of hydrogen-bond acceptors (Lipinski definition) is 30. The van der Waals surface area contributed by atoms with Gasteiger partial charge < -0.3 is 70.2 Å². The van der Waals surface area contributed by atoms with E-state index in [9.17, 15) is 77.6 Å². The van der Waals surface area contributed by atoms with Crippen molar-refractivity contribution >= 4 is 177 Å². The van der Waals surface area contributed by atoms with Crippen molar-refractivity contribution < 1.29 is 125 Å². The van der Waals surface area contributed by atoms with E-state index in [4.69, 9.17) is 87.3 Å². The Labute approximate surface area is 865 Å². The van der Waals surface area contributed by atoms with Crippen LogP contribution in [-0.4, -0.2) is 257 Å². The molecular weight excluding hydrogens is 2010 g/mol. The number of phosphoric ester groups is 2. The highest BCUT2D eigenvalue weighted by atomic mass is 32.2. The highest BCUT2D eigenvalue weighted by Crippen LogP contribution is 2.50. The van der Waals surface area contributed by atoms with Crippen LogP contribution in [0.1, 0.15) is 368 Å². The van der Waals surface area contributed by atoms with E-state index in [0.717, 1.165) is 161 Å². The molecule has 12 unspecified atom stereocenters. The van der Waals surface area contributed by atoms with Crippen molar-refractivity contribution in [3.63, 3.8) is 0 Å². The summed E-state index contributed by atoms with van der Waals surface area (Å²) in [6.45, 7) is 29.7. The number of fused-ring (bicyclic) bond motifs is 4. The first-order chi connectivity index (χ1) is 63.8. The number of aliphatic hydroxyl groups excluding tert-OH is 8. The van der Waals surface area contributed by atoms with E-state index in [2.05, 4.69) is 59.0 Å². The van der Waals surface area contributed by atoms with E-state index < -0.39 is 89.4 Å². The molecule has 0 bridgehead atoms. The number of aliphatic hydroxyl groups is 8. The molecule has 4 saturated heterocycles. The number of thiocarbonyl (C=S) groups is 4. The van der Waals surface area contributed by atoms with E-state index in [-0.39, 0.29) is 69.9 Å². The zero-order valence-electron chi connectivity index (χ0n) is 84.3. The monoisotopic (exact) mass is 2170 g/mol. The smallest absolute Gasteiger partial charge is 0.393 e. The minimum absolute atomic E-state index is 0.0894. The van der Waals surface area contributed by atoms with E-state index in [1.165, 1.54) is 33.5 Å². The lowest BCUT2D eigenvalue weighted by Crippen LogP contribution is -2.54. The van der Waals surface area contributed by atoms with Gasteiger partial charge in [0, 0.05) is 72.7 Å². The second kappa shape index (κ2) is 58.1. The van der Waals surface area contributed by atoms with E-state index in [0.29, 0.717) is 166 Å². The summed E-state index contributed by atoms with van der Waals surface area (Å²) in [5.74, 6) is 3.69. The maximum Gasteiger partial charge on any atom is 0.470 e. The summed E-state index contributed by atoms with van der Waals surface area (Å²) in [7, 11) is -13.2. The van der Waals surface area contributed by atoms with Crippen molar-refractivity contribution in [1.29, 1.82) is 0 Å². The van der Waals surface area contributed by atoms with Gasteiger partial charge in [0.2, 0.25) is 11.8 Å². The van der Waals surface area contributed by atoms with Gasteiger partial charge in [0.05, 0.1) is 86.6 Å². The third-order valence-electron chi connectivity index (χ3n) is 27.1. The van der Waals surface area contributed by atoms with Crippen LogP contribution in [-0.2, 0) is 56.8 Å². The topological polar surface area (TPSA) is 470 Å². The van der Waals surface area contributed by atoms with Crippen LogP contribution in [0.3, 0.4) is 0 Å². The molecule has 138 heavy (non-hydrogen) atoms. The number of carbonyl (C=O) groups is 4. The van der Waals surface area contributed by atoms with E-state index >= 15 is 0 Å². The first-order valence-electron chi connectivity index (χ1n) is 49.3. The predicted molar refractivity (Wildman–Crippen MR) is 569 cm³/mol. The first-order valence-corrected chi connectivity index (χ1v) is 60.2. The quantitative estimate of drug-likeness (QED) is 0.00511. The van der Waals surface area contributed by atoms with Crippen molar-refractivity contribution in [1.82, 2.24) is 19.6 Å². The molecule has 0 aromatic carbocycles. The molecule has 8 aliphatic rings. The summed E-state index contributed by atoms with van der Waals surface area (Å²) < 4.78 is 65.8. The fraction of sp³-hybridized carbons (Fsp3) is 0.833. The maximum atomic E-state index is 13.0. The van der Waals surface area contributed by atoms with Crippen molar-refractivity contribution in [2.45, 2.75) is 459 Å². The molecule has 0 spiro atoms. The van der Waals surface area contributed by atoms with Gasteiger partial charge in [0.15, 0.2) is 0 Å². The molecule has 0 saturated carbocycles.